The number of aliphatic hydroxyl groups excluding tert-OH is 3. The number of carbonyl (C=O) groups is 2. The van der Waals surface area contributed by atoms with E-state index in [1.54, 1.807) is 0 Å². The fourth-order valence-corrected chi connectivity index (χ4v) is 14.5. The van der Waals surface area contributed by atoms with E-state index in [0.717, 1.165) is 110 Å². The van der Waals surface area contributed by atoms with Crippen LogP contribution in [0.5, 0.6) is 11.5 Å². The quantitative estimate of drug-likeness (QED) is 0.0805. The van der Waals surface area contributed by atoms with Crippen LogP contribution in [0.4, 0.5) is 0 Å². The fourth-order valence-electron chi connectivity index (χ4n) is 14.5. The Morgan fingerprint density at radius 1 is 0.778 bits per heavy atom. The second kappa shape index (κ2) is 20.8. The molecule has 1 aromatic rings. The highest BCUT2D eigenvalue weighted by atomic mass is 16.5. The number of benzene rings is 1. The van der Waals surface area contributed by atoms with Crippen LogP contribution >= 0.6 is 0 Å². The second-order valence-electron chi connectivity index (χ2n) is 23.7. The number of aliphatic hydroxyl groups is 3. The van der Waals surface area contributed by atoms with Gasteiger partial charge in [0.15, 0.2) is 0 Å². The number of esters is 1. The van der Waals surface area contributed by atoms with Gasteiger partial charge in [-0.15, -0.1) is 0 Å². The minimum Gasteiger partial charge on any atom is -0.487 e. The molecule has 0 aromatic heterocycles. The van der Waals surface area contributed by atoms with Crippen molar-refractivity contribution in [2.45, 2.75) is 228 Å². The van der Waals surface area contributed by atoms with Gasteiger partial charge in [-0.3, -0.25) is 4.79 Å². The van der Waals surface area contributed by atoms with Gasteiger partial charge in [0.25, 0.3) is 0 Å². The first-order valence-electron chi connectivity index (χ1n) is 26.0. The summed E-state index contributed by atoms with van der Waals surface area (Å²) >= 11 is 0. The van der Waals surface area contributed by atoms with Crippen molar-refractivity contribution >= 4 is 11.9 Å². The van der Waals surface area contributed by atoms with E-state index in [-0.39, 0.29) is 64.6 Å². The largest absolute Gasteiger partial charge is 0.487 e. The SMILES string of the molecule is Cc1c(C)c2c(c(C)c1OC(=O)CNC(=O)CC[C@@H](C)[C@H]1CC[C@H]3[C@@H]4[C@H](O)C[C@@H]5C[C@H](O)CC[C@]5(C)[C@H]4C[C@H](O)[C@]13C)CC[C@](C)(CCC[C@H](C)CCC[C@H](C)CCCC(C)C)O2. The first kappa shape index (κ1) is 50.3. The average Bonchev–Trinajstić information content (AvgIpc) is 3.59. The highest BCUT2D eigenvalue weighted by Gasteiger charge is 2.65. The summed E-state index contributed by atoms with van der Waals surface area (Å²) in [5.41, 5.74) is 3.52. The van der Waals surface area contributed by atoms with Gasteiger partial charge < -0.3 is 30.1 Å². The van der Waals surface area contributed by atoms with E-state index in [0.29, 0.717) is 30.9 Å². The van der Waals surface area contributed by atoms with Gasteiger partial charge in [-0.2, -0.15) is 0 Å². The lowest BCUT2D eigenvalue weighted by Gasteiger charge is -2.63. The minimum absolute atomic E-state index is 0.0461. The Morgan fingerprint density at radius 3 is 2.13 bits per heavy atom. The van der Waals surface area contributed by atoms with Gasteiger partial charge in [0, 0.05) is 12.0 Å². The number of nitrogens with one attached hydrogen (secondary N) is 1. The smallest absolute Gasteiger partial charge is 0.330 e. The van der Waals surface area contributed by atoms with Crippen LogP contribution in [0.1, 0.15) is 200 Å². The second-order valence-corrected chi connectivity index (χ2v) is 23.7. The van der Waals surface area contributed by atoms with Gasteiger partial charge in [0.05, 0.1) is 18.3 Å². The third-order valence-corrected chi connectivity index (χ3v) is 18.8. The van der Waals surface area contributed by atoms with Gasteiger partial charge in [-0.1, -0.05) is 93.4 Å². The summed E-state index contributed by atoms with van der Waals surface area (Å²) in [5, 5.41) is 36.9. The molecule has 0 bridgehead atoms. The molecule has 358 valence electrons. The Bertz CT molecular complexity index is 1730. The third kappa shape index (κ3) is 11.0. The highest BCUT2D eigenvalue weighted by molar-refractivity contribution is 5.83. The molecule has 1 aliphatic heterocycles. The molecule has 1 amide bonds. The lowest BCUT2D eigenvalue weighted by molar-refractivity contribution is -0.207. The molecule has 5 aliphatic rings. The average molecular weight is 878 g/mol. The van der Waals surface area contributed by atoms with Crippen LogP contribution in [-0.4, -0.2) is 57.7 Å². The van der Waals surface area contributed by atoms with Crippen molar-refractivity contribution in [1.29, 1.82) is 0 Å². The topological polar surface area (TPSA) is 125 Å². The van der Waals surface area contributed by atoms with Crippen LogP contribution in [-0.2, 0) is 16.0 Å². The molecule has 1 heterocycles. The molecule has 8 heteroatoms. The van der Waals surface area contributed by atoms with E-state index in [9.17, 15) is 24.9 Å². The molecule has 14 atom stereocenters. The number of fused-ring (bicyclic) bond motifs is 6. The van der Waals surface area contributed by atoms with Crippen molar-refractivity contribution < 1.29 is 34.4 Å². The van der Waals surface area contributed by atoms with Gasteiger partial charge in [-0.05, 0) is 186 Å². The Kier molecular flexibility index (Phi) is 16.6. The number of rotatable bonds is 19. The summed E-state index contributed by atoms with van der Waals surface area (Å²) < 4.78 is 12.9. The predicted molar refractivity (Wildman–Crippen MR) is 254 cm³/mol. The minimum atomic E-state index is -0.473. The van der Waals surface area contributed by atoms with Crippen molar-refractivity contribution in [3.63, 3.8) is 0 Å². The molecule has 4 N–H and O–H groups in total. The van der Waals surface area contributed by atoms with E-state index >= 15 is 0 Å². The predicted octanol–water partition coefficient (Wildman–Crippen LogP) is 11.5. The van der Waals surface area contributed by atoms with Crippen molar-refractivity contribution in [3.05, 3.63) is 22.3 Å². The van der Waals surface area contributed by atoms with Gasteiger partial charge in [0.1, 0.15) is 23.6 Å². The van der Waals surface area contributed by atoms with Crippen LogP contribution in [0.3, 0.4) is 0 Å². The summed E-state index contributed by atoms with van der Waals surface area (Å²) in [6.07, 6.45) is 19.1. The lowest BCUT2D eigenvalue weighted by Crippen LogP contribution is -2.62. The summed E-state index contributed by atoms with van der Waals surface area (Å²) in [5.74, 6) is 4.71. The standard InChI is InChI=1S/C55H91NO7/c1-33(2)15-12-16-34(3)17-13-18-35(4)19-14-26-53(9)27-25-42-39(8)51(37(6)38(7)52(42)63-53)62-49(61)32-56-48(60)23-20-36(5)43-21-22-44-50-45(31-47(59)55(43,44)11)54(10)28-24-41(57)29-40(54)30-46(50)58/h33-36,40-41,43-47,50,57-59H,12-32H2,1-11H3,(H,56,60)/t34-,35-,36-,40+,41-,43-,44+,45+,46-,47+,50+,53+,54+,55-/m1/s1. The number of hydrogen-bond acceptors (Lipinski definition) is 7. The van der Waals surface area contributed by atoms with Crippen molar-refractivity contribution in [1.82, 2.24) is 5.32 Å². The first-order chi connectivity index (χ1) is 29.7. The maximum Gasteiger partial charge on any atom is 0.330 e. The molecule has 0 spiro atoms. The Hall–Kier alpha value is -2.16. The maximum absolute atomic E-state index is 13.3. The monoisotopic (exact) mass is 878 g/mol. The molecule has 6 rings (SSSR count). The van der Waals surface area contributed by atoms with E-state index in [2.05, 4.69) is 67.6 Å². The lowest BCUT2D eigenvalue weighted by atomic mass is 9.43. The molecule has 4 saturated carbocycles. The van der Waals surface area contributed by atoms with Crippen molar-refractivity contribution in [2.75, 3.05) is 6.54 Å². The van der Waals surface area contributed by atoms with Gasteiger partial charge in [0.2, 0.25) is 5.91 Å². The zero-order valence-corrected chi connectivity index (χ0v) is 41.8. The zero-order chi connectivity index (χ0) is 46.0. The van der Waals surface area contributed by atoms with Crippen molar-refractivity contribution in [2.24, 2.45) is 64.1 Å². The number of ether oxygens (including phenoxy) is 2. The highest BCUT2D eigenvalue weighted by Crippen LogP contribution is 2.68. The summed E-state index contributed by atoms with van der Waals surface area (Å²) in [7, 11) is 0. The maximum atomic E-state index is 13.3. The van der Waals surface area contributed by atoms with Gasteiger partial charge in [-0.25, -0.2) is 4.79 Å². The molecule has 1 aromatic carbocycles. The van der Waals surface area contributed by atoms with Crippen LogP contribution in [0, 0.1) is 84.9 Å². The normalized spacial score (nSPS) is 35.1. The van der Waals surface area contributed by atoms with Gasteiger partial charge >= 0.3 is 5.97 Å². The fraction of sp³-hybridized carbons (Fsp3) is 0.855. The van der Waals surface area contributed by atoms with E-state index in [4.69, 9.17) is 9.47 Å². The molecule has 0 radical (unpaired) electrons. The number of hydrogen-bond donors (Lipinski definition) is 4. The summed E-state index contributed by atoms with van der Waals surface area (Å²) in [6.45, 7) is 24.5. The molecular formula is C55H91NO7. The summed E-state index contributed by atoms with van der Waals surface area (Å²) in [4.78, 5) is 26.5. The van der Waals surface area contributed by atoms with Crippen molar-refractivity contribution in [3.8, 4) is 11.5 Å². The number of carbonyl (C=O) groups excluding carboxylic acids is 2. The Balaban J connectivity index is 0.949. The molecular weight excluding hydrogens is 787 g/mol. The molecule has 0 unspecified atom stereocenters. The number of amides is 1. The van der Waals surface area contributed by atoms with Crippen LogP contribution < -0.4 is 14.8 Å². The van der Waals surface area contributed by atoms with E-state index < -0.39 is 18.2 Å². The zero-order valence-electron chi connectivity index (χ0n) is 41.8. The molecule has 0 saturated heterocycles. The van der Waals surface area contributed by atoms with Crippen LogP contribution in [0.25, 0.3) is 0 Å². The molecule has 4 aliphatic carbocycles. The van der Waals surface area contributed by atoms with E-state index in [1.807, 2.05) is 13.8 Å². The van der Waals surface area contributed by atoms with Crippen LogP contribution in [0.2, 0.25) is 0 Å². The van der Waals surface area contributed by atoms with E-state index in [1.165, 1.54) is 44.9 Å². The third-order valence-electron chi connectivity index (χ3n) is 18.8. The molecule has 63 heavy (non-hydrogen) atoms. The Labute approximate surface area is 383 Å². The molecule has 8 nitrogen and oxygen atoms in total. The van der Waals surface area contributed by atoms with Crippen LogP contribution in [0.15, 0.2) is 0 Å². The molecule has 4 fully saturated rings. The Morgan fingerprint density at radius 2 is 1.44 bits per heavy atom. The summed E-state index contributed by atoms with van der Waals surface area (Å²) in [6, 6.07) is 0. The first-order valence-corrected chi connectivity index (χ1v) is 26.0.